The molecule has 0 bridgehead atoms. The van der Waals surface area contributed by atoms with Crippen LogP contribution in [0.15, 0.2) is 48.7 Å². The van der Waals surface area contributed by atoms with E-state index >= 15 is 4.79 Å². The van der Waals surface area contributed by atoms with Gasteiger partial charge in [0.2, 0.25) is 15.9 Å². The maximum Gasteiger partial charge on any atom is 0.414 e. The summed E-state index contributed by atoms with van der Waals surface area (Å²) >= 11 is 0. The molecule has 0 radical (unpaired) electrons. The first-order valence-corrected chi connectivity index (χ1v) is 20.4. The van der Waals surface area contributed by atoms with Gasteiger partial charge in [-0.3, -0.25) is 9.59 Å². The molecule has 4 heterocycles. The van der Waals surface area contributed by atoms with E-state index in [0.29, 0.717) is 63.0 Å². The minimum Gasteiger partial charge on any atom is -0.497 e. The first kappa shape index (κ1) is 33.5. The monoisotopic (exact) mass is 726 g/mol. The molecular weight excluding hydrogens is 681 g/mol. The summed E-state index contributed by atoms with van der Waals surface area (Å²) in [5.41, 5.74) is 4.95. The van der Waals surface area contributed by atoms with Gasteiger partial charge in [-0.25, -0.2) is 17.9 Å². The van der Waals surface area contributed by atoms with Crippen LogP contribution < -0.4 is 9.46 Å². The summed E-state index contributed by atoms with van der Waals surface area (Å²) in [7, 11) is -2.06. The van der Waals surface area contributed by atoms with Crippen LogP contribution in [0.3, 0.4) is 0 Å². The number of aromatic nitrogens is 1. The summed E-state index contributed by atoms with van der Waals surface area (Å²) in [5.74, 6) is 1.18. The van der Waals surface area contributed by atoms with E-state index in [2.05, 4.69) is 28.0 Å². The molecule has 5 fully saturated rings. The Balaban J connectivity index is 1.15. The fourth-order valence-electron chi connectivity index (χ4n) is 9.77. The normalized spacial score (nSPS) is 26.5. The molecule has 0 spiro atoms. The highest BCUT2D eigenvalue weighted by Gasteiger charge is 2.66. The first-order valence-electron chi connectivity index (χ1n) is 18.8. The Kier molecular flexibility index (Phi) is 7.81. The molecule has 3 saturated carbocycles. The number of nitrogens with zero attached hydrogens (tertiary/aromatic N) is 3. The van der Waals surface area contributed by atoms with Crippen molar-refractivity contribution in [2.75, 3.05) is 26.7 Å². The number of allylic oxidation sites excluding steroid dienone is 1. The fraction of sp³-hybridized carbons (Fsp3) is 0.525. The lowest BCUT2D eigenvalue weighted by Gasteiger charge is -2.54. The molecule has 3 unspecified atom stereocenters. The number of likely N-dealkylation sites (tertiary alicyclic amines) is 2. The summed E-state index contributed by atoms with van der Waals surface area (Å²) in [5, 5.41) is 0.540. The predicted molar refractivity (Wildman–Crippen MR) is 195 cm³/mol. The van der Waals surface area contributed by atoms with Crippen LogP contribution in [0.5, 0.6) is 5.75 Å². The lowest BCUT2D eigenvalue weighted by Crippen LogP contribution is -2.67. The smallest absolute Gasteiger partial charge is 0.414 e. The van der Waals surface area contributed by atoms with E-state index in [4.69, 9.17) is 9.47 Å². The first-order chi connectivity index (χ1) is 25.0. The number of hydrogen-bond acceptors (Lipinski definition) is 7. The number of fused-ring (bicyclic) bond motifs is 8. The fourth-order valence-corrected chi connectivity index (χ4v) is 11.1. The lowest BCUT2D eigenvalue weighted by molar-refractivity contribution is -0.154. The molecule has 11 nitrogen and oxygen atoms in total. The van der Waals surface area contributed by atoms with E-state index in [9.17, 15) is 18.0 Å². The average molecular weight is 727 g/mol. The van der Waals surface area contributed by atoms with Crippen molar-refractivity contribution in [1.29, 1.82) is 0 Å². The summed E-state index contributed by atoms with van der Waals surface area (Å²) in [6, 6.07) is 11.7. The number of sulfonamides is 1. The molecule has 9 rings (SSSR count). The van der Waals surface area contributed by atoms with Crippen LogP contribution in [0.1, 0.15) is 98.0 Å². The van der Waals surface area contributed by atoms with Crippen LogP contribution in [0.4, 0.5) is 4.79 Å². The molecule has 2 saturated heterocycles. The Bertz CT molecular complexity index is 2150. The number of benzene rings is 2. The Labute approximate surface area is 304 Å². The van der Waals surface area contributed by atoms with Crippen molar-refractivity contribution < 1.29 is 32.3 Å². The molecular formula is C40H46N4O7S. The van der Waals surface area contributed by atoms with Crippen molar-refractivity contribution in [3.63, 3.8) is 0 Å². The van der Waals surface area contributed by atoms with Gasteiger partial charge in [-0.15, -0.1) is 0 Å². The third-order valence-corrected chi connectivity index (χ3v) is 14.6. The van der Waals surface area contributed by atoms with Crippen LogP contribution in [0.25, 0.3) is 22.2 Å². The number of piperidine rings is 1. The summed E-state index contributed by atoms with van der Waals surface area (Å²) in [6.45, 7) is 7.49. The quantitative estimate of drug-likeness (QED) is 0.284. The molecule has 2 aromatic carbocycles. The van der Waals surface area contributed by atoms with E-state index in [1.807, 2.05) is 23.1 Å². The van der Waals surface area contributed by atoms with Crippen molar-refractivity contribution in [3.05, 3.63) is 65.4 Å². The van der Waals surface area contributed by atoms with Crippen molar-refractivity contribution in [2.24, 2.45) is 11.3 Å². The number of carbonyl (C=O) groups excluding carboxylic acids is 3. The van der Waals surface area contributed by atoms with Gasteiger partial charge < -0.3 is 23.8 Å². The third-order valence-electron chi connectivity index (χ3n) is 12.7. The van der Waals surface area contributed by atoms with Gasteiger partial charge >= 0.3 is 6.09 Å². The lowest BCUT2D eigenvalue weighted by atomic mass is 9.80. The highest BCUT2D eigenvalue weighted by atomic mass is 32.2. The average Bonchev–Trinajstić information content (AvgIpc) is 4.05. The molecule has 1 N–H and O–H groups in total. The van der Waals surface area contributed by atoms with Crippen molar-refractivity contribution in [2.45, 2.75) is 94.4 Å². The van der Waals surface area contributed by atoms with Crippen LogP contribution >= 0.6 is 0 Å². The van der Waals surface area contributed by atoms with Crippen LogP contribution in [-0.4, -0.2) is 78.7 Å². The van der Waals surface area contributed by atoms with Gasteiger partial charge in [0, 0.05) is 60.0 Å². The minimum absolute atomic E-state index is 0.0263. The highest BCUT2D eigenvalue weighted by Crippen LogP contribution is 2.66. The zero-order valence-corrected chi connectivity index (χ0v) is 30.7. The molecule has 12 heteroatoms. The van der Waals surface area contributed by atoms with Crippen LogP contribution in [0, 0.1) is 11.3 Å². The molecule has 3 aliphatic heterocycles. The van der Waals surface area contributed by atoms with Crippen molar-refractivity contribution in [1.82, 2.24) is 19.1 Å². The van der Waals surface area contributed by atoms with Crippen molar-refractivity contribution in [3.8, 4) is 17.0 Å². The molecule has 3 amide bonds. The largest absolute Gasteiger partial charge is 0.497 e. The molecule has 274 valence electrons. The summed E-state index contributed by atoms with van der Waals surface area (Å²) in [4.78, 5) is 45.0. The number of carbonyl (C=O) groups is 3. The van der Waals surface area contributed by atoms with Crippen LogP contribution in [0.2, 0.25) is 0 Å². The Morgan fingerprint density at radius 2 is 1.77 bits per heavy atom. The summed E-state index contributed by atoms with van der Waals surface area (Å²) < 4.78 is 41.2. The summed E-state index contributed by atoms with van der Waals surface area (Å²) in [6.07, 6.45) is 7.82. The molecule has 1 aromatic heterocycles. The van der Waals surface area contributed by atoms with Gasteiger partial charge in [0.05, 0.1) is 35.3 Å². The second kappa shape index (κ2) is 12.1. The van der Waals surface area contributed by atoms with E-state index in [0.717, 1.165) is 65.6 Å². The van der Waals surface area contributed by atoms with Gasteiger partial charge in [0.1, 0.15) is 5.75 Å². The molecule has 4 atom stereocenters. The number of ether oxygens (including phenoxy) is 2. The predicted octanol–water partition coefficient (Wildman–Crippen LogP) is 6.28. The number of hydrogen-bond donors (Lipinski definition) is 1. The molecule has 3 aromatic rings. The number of methoxy groups -OCH3 is 1. The standard InChI is InChI=1S/C40H46N4O7S/c1-23(2)51-39(47)42-16-15-26-20-43(34(26)21-42)38(46)40-19-32(40)31-18-27(50-3)10-14-29(31)36-35(24-7-5-4-6-8-24)30-13-9-25(17-33(30)44(36)22-40)37(45)41-52(48,49)28-11-12-28/h9-10,13-14,17-18,24,26,28,32,34H,1,4-8,11-12,15-16,19-22H2,2-3H3,(H,41,45)/t26?,32?,34-,40?/m1/s1. The van der Waals surface area contributed by atoms with E-state index < -0.39 is 32.7 Å². The maximum atomic E-state index is 15.0. The van der Waals surface area contributed by atoms with Gasteiger partial charge in [-0.2, -0.15) is 0 Å². The minimum atomic E-state index is -3.73. The zero-order valence-electron chi connectivity index (χ0n) is 29.9. The van der Waals surface area contributed by atoms with Gasteiger partial charge in [0.25, 0.3) is 5.91 Å². The topological polar surface area (TPSA) is 127 Å². The molecule has 52 heavy (non-hydrogen) atoms. The highest BCUT2D eigenvalue weighted by molar-refractivity contribution is 7.91. The Morgan fingerprint density at radius 3 is 2.50 bits per heavy atom. The van der Waals surface area contributed by atoms with Gasteiger partial charge in [-0.05, 0) is 92.8 Å². The van der Waals surface area contributed by atoms with E-state index in [1.54, 1.807) is 25.0 Å². The Hall–Kier alpha value is -4.32. The third kappa shape index (κ3) is 5.34. The van der Waals surface area contributed by atoms with E-state index in [1.165, 1.54) is 12.0 Å². The Morgan fingerprint density at radius 1 is 0.981 bits per heavy atom. The molecule has 6 aliphatic rings. The second-order valence-corrected chi connectivity index (χ2v) is 18.0. The SMILES string of the molecule is C=C(C)OC(=O)N1CCC2CN(C(=O)C34CC3c3cc(OC)ccc3-c3c(C5CCCCC5)c5ccc(C(=O)NS(=O)(=O)C6CC6)cc5n3C4)[C@@H]2C1. The maximum absolute atomic E-state index is 15.0. The van der Waals surface area contributed by atoms with E-state index in [-0.39, 0.29) is 23.4 Å². The van der Waals surface area contributed by atoms with Crippen LogP contribution in [-0.2, 0) is 26.1 Å². The number of amides is 3. The second-order valence-electron chi connectivity index (χ2n) is 16.0. The number of rotatable bonds is 7. The zero-order chi connectivity index (χ0) is 36.1. The number of nitrogens with one attached hydrogen (secondary N) is 1. The molecule has 3 aliphatic carbocycles. The van der Waals surface area contributed by atoms with Crippen molar-refractivity contribution >= 4 is 38.8 Å². The van der Waals surface area contributed by atoms with Gasteiger partial charge in [-0.1, -0.05) is 31.9 Å². The van der Waals surface area contributed by atoms with Gasteiger partial charge in [0.15, 0.2) is 0 Å².